The zero-order chi connectivity index (χ0) is 12.4. The average molecular weight is 246 g/mol. The molecule has 1 aromatic carbocycles. The maximum atomic E-state index is 5.77. The zero-order valence-electron chi connectivity index (χ0n) is 10.6. The van der Waals surface area contributed by atoms with Crippen molar-refractivity contribution in [1.82, 2.24) is 9.55 Å². The number of nitrogens with zero attached hydrogens (tertiary/aromatic N) is 2. The normalized spacial score (nSPS) is 19.7. The predicted molar refractivity (Wildman–Crippen MR) is 69.5 cm³/mol. The SMILES string of the molecule is COCCn1c(C2CCCO2)nc2ccccc21. The molecule has 1 aliphatic rings. The van der Waals surface area contributed by atoms with Crippen LogP contribution in [0.3, 0.4) is 0 Å². The lowest BCUT2D eigenvalue weighted by Crippen LogP contribution is -2.11. The number of rotatable bonds is 4. The third-order valence-electron chi connectivity index (χ3n) is 3.42. The number of para-hydroxylation sites is 2. The van der Waals surface area contributed by atoms with Crippen molar-refractivity contribution in [2.75, 3.05) is 20.3 Å². The zero-order valence-corrected chi connectivity index (χ0v) is 10.6. The summed E-state index contributed by atoms with van der Waals surface area (Å²) in [4.78, 5) is 4.73. The minimum absolute atomic E-state index is 0.147. The monoisotopic (exact) mass is 246 g/mol. The standard InChI is InChI=1S/C14H18N2O2/c1-17-10-8-16-12-6-3-2-5-11(12)15-14(16)13-7-4-9-18-13/h2-3,5-6,13H,4,7-10H2,1H3. The van der Waals surface area contributed by atoms with Gasteiger partial charge >= 0.3 is 0 Å². The minimum atomic E-state index is 0.147. The lowest BCUT2D eigenvalue weighted by molar-refractivity contribution is 0.100. The molecule has 96 valence electrons. The largest absolute Gasteiger partial charge is 0.383 e. The van der Waals surface area contributed by atoms with Gasteiger partial charge in [0.05, 0.1) is 17.6 Å². The van der Waals surface area contributed by atoms with Gasteiger partial charge < -0.3 is 14.0 Å². The Morgan fingerprint density at radius 2 is 2.33 bits per heavy atom. The van der Waals surface area contributed by atoms with E-state index in [-0.39, 0.29) is 6.10 Å². The van der Waals surface area contributed by atoms with Crippen LogP contribution in [0.2, 0.25) is 0 Å². The summed E-state index contributed by atoms with van der Waals surface area (Å²) in [7, 11) is 1.73. The van der Waals surface area contributed by atoms with Gasteiger partial charge in [-0.2, -0.15) is 0 Å². The summed E-state index contributed by atoms with van der Waals surface area (Å²) in [6.07, 6.45) is 2.34. The Kier molecular flexibility index (Phi) is 3.30. The van der Waals surface area contributed by atoms with Crippen LogP contribution in [0.15, 0.2) is 24.3 Å². The molecule has 3 rings (SSSR count). The van der Waals surface area contributed by atoms with Crippen molar-refractivity contribution in [3.63, 3.8) is 0 Å². The fourth-order valence-corrected chi connectivity index (χ4v) is 2.54. The molecule has 0 radical (unpaired) electrons. The molecule has 1 saturated heterocycles. The lowest BCUT2D eigenvalue weighted by Gasteiger charge is -2.12. The Labute approximate surface area is 107 Å². The first-order valence-corrected chi connectivity index (χ1v) is 6.46. The van der Waals surface area contributed by atoms with Crippen molar-refractivity contribution in [2.45, 2.75) is 25.5 Å². The van der Waals surface area contributed by atoms with E-state index in [1.54, 1.807) is 7.11 Å². The number of aromatic nitrogens is 2. The van der Waals surface area contributed by atoms with Crippen LogP contribution < -0.4 is 0 Å². The van der Waals surface area contributed by atoms with Crippen LogP contribution in [0.4, 0.5) is 0 Å². The molecule has 18 heavy (non-hydrogen) atoms. The van der Waals surface area contributed by atoms with E-state index in [2.05, 4.69) is 16.7 Å². The van der Waals surface area contributed by atoms with Crippen LogP contribution in [0.5, 0.6) is 0 Å². The van der Waals surface area contributed by atoms with Crippen molar-refractivity contribution in [3.8, 4) is 0 Å². The number of methoxy groups -OCH3 is 1. The van der Waals surface area contributed by atoms with E-state index in [0.29, 0.717) is 6.61 Å². The average Bonchev–Trinajstić information content (AvgIpc) is 3.03. The molecule has 1 aliphatic heterocycles. The number of benzene rings is 1. The highest BCUT2D eigenvalue weighted by Gasteiger charge is 2.24. The van der Waals surface area contributed by atoms with Crippen molar-refractivity contribution in [1.29, 1.82) is 0 Å². The van der Waals surface area contributed by atoms with Gasteiger partial charge in [-0.15, -0.1) is 0 Å². The van der Waals surface area contributed by atoms with Gasteiger partial charge in [-0.05, 0) is 25.0 Å². The van der Waals surface area contributed by atoms with Crippen LogP contribution >= 0.6 is 0 Å². The number of hydrogen-bond donors (Lipinski definition) is 0. The van der Waals surface area contributed by atoms with Crippen molar-refractivity contribution >= 4 is 11.0 Å². The fourth-order valence-electron chi connectivity index (χ4n) is 2.54. The third kappa shape index (κ3) is 2.02. The smallest absolute Gasteiger partial charge is 0.139 e. The molecule has 4 nitrogen and oxygen atoms in total. The second kappa shape index (κ2) is 5.08. The topological polar surface area (TPSA) is 36.3 Å². The van der Waals surface area contributed by atoms with Gasteiger partial charge in [-0.25, -0.2) is 4.98 Å². The van der Waals surface area contributed by atoms with Gasteiger partial charge in [-0.3, -0.25) is 0 Å². The van der Waals surface area contributed by atoms with Crippen LogP contribution in [0.1, 0.15) is 24.8 Å². The van der Waals surface area contributed by atoms with Crippen LogP contribution in [-0.2, 0) is 16.0 Å². The summed E-state index contributed by atoms with van der Waals surface area (Å²) in [6, 6.07) is 8.23. The number of fused-ring (bicyclic) bond motifs is 1. The van der Waals surface area contributed by atoms with E-state index in [4.69, 9.17) is 14.5 Å². The number of hydrogen-bond acceptors (Lipinski definition) is 3. The fraction of sp³-hybridized carbons (Fsp3) is 0.500. The van der Waals surface area contributed by atoms with E-state index >= 15 is 0 Å². The number of ether oxygens (including phenoxy) is 2. The highest BCUT2D eigenvalue weighted by atomic mass is 16.5. The maximum absolute atomic E-state index is 5.77. The van der Waals surface area contributed by atoms with Gasteiger partial charge in [0.2, 0.25) is 0 Å². The van der Waals surface area contributed by atoms with Crippen LogP contribution in [-0.4, -0.2) is 29.9 Å². The van der Waals surface area contributed by atoms with Crippen molar-refractivity contribution < 1.29 is 9.47 Å². The summed E-state index contributed by atoms with van der Waals surface area (Å²) in [5, 5.41) is 0. The second-order valence-corrected chi connectivity index (χ2v) is 4.60. The Bertz CT molecular complexity index is 530. The molecular formula is C14H18N2O2. The molecular weight excluding hydrogens is 228 g/mol. The first-order valence-electron chi connectivity index (χ1n) is 6.46. The first kappa shape index (κ1) is 11.7. The molecule has 2 aromatic rings. The lowest BCUT2D eigenvalue weighted by atomic mass is 10.2. The first-order chi connectivity index (χ1) is 8.90. The Balaban J connectivity index is 2.04. The van der Waals surface area contributed by atoms with Crippen molar-refractivity contribution in [3.05, 3.63) is 30.1 Å². The maximum Gasteiger partial charge on any atom is 0.139 e. The van der Waals surface area contributed by atoms with E-state index in [1.165, 1.54) is 5.52 Å². The molecule has 0 aliphatic carbocycles. The van der Waals surface area contributed by atoms with Crippen molar-refractivity contribution in [2.24, 2.45) is 0 Å². The molecule has 0 N–H and O–H groups in total. The summed E-state index contributed by atoms with van der Waals surface area (Å²) >= 11 is 0. The predicted octanol–water partition coefficient (Wildman–Crippen LogP) is 2.53. The molecule has 2 heterocycles. The van der Waals surface area contributed by atoms with Gasteiger partial charge in [0.25, 0.3) is 0 Å². The second-order valence-electron chi connectivity index (χ2n) is 4.60. The number of imidazole rings is 1. The Morgan fingerprint density at radius 1 is 1.44 bits per heavy atom. The molecule has 4 heteroatoms. The highest BCUT2D eigenvalue weighted by Crippen LogP contribution is 2.30. The molecule has 1 unspecified atom stereocenters. The summed E-state index contributed by atoms with van der Waals surface area (Å²) in [5.74, 6) is 1.05. The molecule has 1 aromatic heterocycles. The summed E-state index contributed by atoms with van der Waals surface area (Å²) in [6.45, 7) is 2.37. The summed E-state index contributed by atoms with van der Waals surface area (Å²) in [5.41, 5.74) is 2.21. The molecule has 0 spiro atoms. The Hall–Kier alpha value is -1.39. The van der Waals surface area contributed by atoms with E-state index < -0.39 is 0 Å². The van der Waals surface area contributed by atoms with Gasteiger partial charge in [0.15, 0.2) is 0 Å². The molecule has 1 fully saturated rings. The quantitative estimate of drug-likeness (QED) is 0.831. The third-order valence-corrected chi connectivity index (χ3v) is 3.42. The van der Waals surface area contributed by atoms with Gasteiger partial charge in [-0.1, -0.05) is 12.1 Å². The van der Waals surface area contributed by atoms with Gasteiger partial charge in [0.1, 0.15) is 11.9 Å². The van der Waals surface area contributed by atoms with Crippen LogP contribution in [0, 0.1) is 0 Å². The van der Waals surface area contributed by atoms with Crippen LogP contribution in [0.25, 0.3) is 11.0 Å². The van der Waals surface area contributed by atoms with Gasteiger partial charge in [0, 0.05) is 20.3 Å². The molecule has 0 saturated carbocycles. The minimum Gasteiger partial charge on any atom is -0.383 e. The molecule has 0 bridgehead atoms. The highest BCUT2D eigenvalue weighted by molar-refractivity contribution is 5.76. The van der Waals surface area contributed by atoms with E-state index in [1.807, 2.05) is 12.1 Å². The summed E-state index contributed by atoms with van der Waals surface area (Å²) < 4.78 is 13.2. The van der Waals surface area contributed by atoms with E-state index in [9.17, 15) is 0 Å². The van der Waals surface area contributed by atoms with E-state index in [0.717, 1.165) is 37.3 Å². The molecule has 1 atom stereocenters. The molecule has 0 amide bonds. The Morgan fingerprint density at radius 3 is 3.11 bits per heavy atom.